The number of hydrogen-bond donors (Lipinski definition) is 1. The van der Waals surface area contributed by atoms with E-state index in [1.807, 2.05) is 11.9 Å². The Labute approximate surface area is 124 Å². The summed E-state index contributed by atoms with van der Waals surface area (Å²) in [5, 5.41) is 2.82. The number of carbonyl (C=O) groups excluding carboxylic acids is 1. The van der Waals surface area contributed by atoms with Crippen LogP contribution in [0.2, 0.25) is 0 Å². The molecule has 110 valence electrons. The molecular weight excluding hydrogens is 268 g/mol. The van der Waals surface area contributed by atoms with Crippen LogP contribution in [0.3, 0.4) is 0 Å². The lowest BCUT2D eigenvalue weighted by molar-refractivity contribution is -0.112. The van der Waals surface area contributed by atoms with Crippen LogP contribution in [0.15, 0.2) is 54.4 Å². The van der Waals surface area contributed by atoms with Gasteiger partial charge in [0.05, 0.1) is 14.2 Å². The van der Waals surface area contributed by atoms with E-state index >= 15 is 0 Å². The molecule has 1 aromatic rings. The van der Waals surface area contributed by atoms with Gasteiger partial charge in [0.1, 0.15) is 11.5 Å². The molecular formula is C16H18N2O3. The third-order valence-electron chi connectivity index (χ3n) is 3.12. The maximum Gasteiger partial charge on any atom is 0.255 e. The van der Waals surface area contributed by atoms with Gasteiger partial charge in [0.25, 0.3) is 5.91 Å². The van der Waals surface area contributed by atoms with Crippen molar-refractivity contribution in [3.05, 3.63) is 54.4 Å². The number of amides is 1. The summed E-state index contributed by atoms with van der Waals surface area (Å²) in [5.74, 6) is 1.01. The lowest BCUT2D eigenvalue weighted by atomic mass is 10.1. The predicted octanol–water partition coefficient (Wildman–Crippen LogP) is 2.54. The third-order valence-corrected chi connectivity index (χ3v) is 3.12. The highest BCUT2D eigenvalue weighted by atomic mass is 16.5. The van der Waals surface area contributed by atoms with Gasteiger partial charge in [0.15, 0.2) is 0 Å². The van der Waals surface area contributed by atoms with Crippen LogP contribution in [-0.2, 0) is 4.79 Å². The molecule has 1 heterocycles. The number of rotatable bonds is 4. The Kier molecular flexibility index (Phi) is 4.33. The van der Waals surface area contributed by atoms with Crippen LogP contribution in [-0.4, -0.2) is 32.1 Å². The Morgan fingerprint density at radius 2 is 1.81 bits per heavy atom. The number of hydrogen-bond acceptors (Lipinski definition) is 4. The van der Waals surface area contributed by atoms with E-state index in [1.54, 1.807) is 50.8 Å². The molecule has 0 aromatic heterocycles. The molecule has 0 saturated carbocycles. The second-order valence-corrected chi connectivity index (χ2v) is 4.57. The van der Waals surface area contributed by atoms with E-state index in [1.165, 1.54) is 0 Å². The van der Waals surface area contributed by atoms with Gasteiger partial charge in [0, 0.05) is 48.4 Å². The third kappa shape index (κ3) is 3.45. The average Bonchev–Trinajstić information content (AvgIpc) is 2.49. The Hall–Kier alpha value is -2.69. The van der Waals surface area contributed by atoms with Crippen LogP contribution in [0.25, 0.3) is 0 Å². The van der Waals surface area contributed by atoms with Crippen LogP contribution in [0.4, 0.5) is 5.69 Å². The zero-order chi connectivity index (χ0) is 15.4. The number of benzene rings is 1. The lowest BCUT2D eigenvalue weighted by Crippen LogP contribution is -2.18. The molecule has 1 amide bonds. The molecule has 1 aliphatic rings. The van der Waals surface area contributed by atoms with E-state index in [9.17, 15) is 4.79 Å². The van der Waals surface area contributed by atoms with Crippen LogP contribution in [0, 0.1) is 0 Å². The van der Waals surface area contributed by atoms with Crippen molar-refractivity contribution in [3.8, 4) is 11.5 Å². The van der Waals surface area contributed by atoms with E-state index in [0.29, 0.717) is 22.8 Å². The second kappa shape index (κ2) is 6.17. The average molecular weight is 286 g/mol. The van der Waals surface area contributed by atoms with Crippen LogP contribution in [0.1, 0.15) is 0 Å². The van der Waals surface area contributed by atoms with Crippen molar-refractivity contribution < 1.29 is 14.3 Å². The van der Waals surface area contributed by atoms with Gasteiger partial charge >= 0.3 is 0 Å². The van der Waals surface area contributed by atoms with Gasteiger partial charge in [-0.1, -0.05) is 6.58 Å². The van der Waals surface area contributed by atoms with E-state index < -0.39 is 0 Å². The molecule has 0 radical (unpaired) electrons. The number of likely N-dealkylation sites (N-methyl/N-ethyl adjacent to an activating group) is 1. The van der Waals surface area contributed by atoms with E-state index in [4.69, 9.17) is 9.47 Å². The molecule has 1 N–H and O–H groups in total. The Morgan fingerprint density at radius 3 is 2.33 bits per heavy atom. The highest BCUT2D eigenvalue weighted by molar-refractivity contribution is 6.06. The minimum absolute atomic E-state index is 0.212. The summed E-state index contributed by atoms with van der Waals surface area (Å²) in [5.41, 5.74) is 1.90. The van der Waals surface area contributed by atoms with Crippen molar-refractivity contribution in [1.29, 1.82) is 0 Å². The molecule has 0 atom stereocenters. The largest absolute Gasteiger partial charge is 0.497 e. The first-order chi connectivity index (χ1) is 10.0. The number of allylic oxidation sites excluding steroid dienone is 1. The summed E-state index contributed by atoms with van der Waals surface area (Å²) in [6, 6.07) is 5.20. The number of ether oxygens (including phenoxy) is 2. The van der Waals surface area contributed by atoms with Gasteiger partial charge in [-0.3, -0.25) is 4.79 Å². The monoisotopic (exact) mass is 286 g/mol. The highest BCUT2D eigenvalue weighted by Crippen LogP contribution is 2.26. The minimum atomic E-state index is -0.212. The van der Waals surface area contributed by atoms with Crippen molar-refractivity contribution in [3.63, 3.8) is 0 Å². The summed E-state index contributed by atoms with van der Waals surface area (Å²) in [4.78, 5) is 14.1. The summed E-state index contributed by atoms with van der Waals surface area (Å²) in [6.45, 7) is 3.87. The first-order valence-corrected chi connectivity index (χ1v) is 6.39. The van der Waals surface area contributed by atoms with Gasteiger partial charge in [-0.05, 0) is 12.2 Å². The molecule has 2 rings (SSSR count). The molecule has 21 heavy (non-hydrogen) atoms. The number of methoxy groups -OCH3 is 2. The fourth-order valence-electron chi connectivity index (χ4n) is 1.84. The summed E-state index contributed by atoms with van der Waals surface area (Å²) in [7, 11) is 5.00. The Morgan fingerprint density at radius 1 is 1.19 bits per heavy atom. The Bertz CT molecular complexity index is 610. The van der Waals surface area contributed by atoms with Gasteiger partial charge in [-0.2, -0.15) is 0 Å². The van der Waals surface area contributed by atoms with E-state index in [0.717, 1.165) is 5.70 Å². The quantitative estimate of drug-likeness (QED) is 0.924. The van der Waals surface area contributed by atoms with Crippen LogP contribution in [0.5, 0.6) is 11.5 Å². The van der Waals surface area contributed by atoms with E-state index in [2.05, 4.69) is 11.9 Å². The minimum Gasteiger partial charge on any atom is -0.497 e. The molecule has 0 aliphatic carbocycles. The zero-order valence-corrected chi connectivity index (χ0v) is 12.3. The normalized spacial score (nSPS) is 13.8. The molecule has 5 heteroatoms. The molecule has 0 bridgehead atoms. The second-order valence-electron chi connectivity index (χ2n) is 4.57. The molecule has 1 aliphatic heterocycles. The molecule has 0 saturated heterocycles. The molecule has 1 aromatic carbocycles. The lowest BCUT2D eigenvalue weighted by Gasteiger charge is -2.19. The highest BCUT2D eigenvalue weighted by Gasteiger charge is 2.13. The maximum atomic E-state index is 12.2. The van der Waals surface area contributed by atoms with Crippen LogP contribution < -0.4 is 14.8 Å². The number of anilines is 1. The van der Waals surface area contributed by atoms with Crippen molar-refractivity contribution in [2.45, 2.75) is 0 Å². The summed E-state index contributed by atoms with van der Waals surface area (Å²) >= 11 is 0. The fraction of sp³-hybridized carbons (Fsp3) is 0.188. The maximum absolute atomic E-state index is 12.2. The van der Waals surface area contributed by atoms with Crippen LogP contribution >= 0.6 is 0 Å². The first kappa shape index (κ1) is 14.7. The molecule has 0 fully saturated rings. The van der Waals surface area contributed by atoms with Crippen molar-refractivity contribution in [2.75, 3.05) is 26.6 Å². The zero-order valence-electron chi connectivity index (χ0n) is 12.3. The van der Waals surface area contributed by atoms with Gasteiger partial charge < -0.3 is 19.7 Å². The smallest absolute Gasteiger partial charge is 0.255 e. The number of nitrogens with zero attached hydrogens (tertiary/aromatic N) is 1. The van der Waals surface area contributed by atoms with Crippen molar-refractivity contribution in [1.82, 2.24) is 4.90 Å². The van der Waals surface area contributed by atoms with Gasteiger partial charge in [-0.15, -0.1) is 0 Å². The summed E-state index contributed by atoms with van der Waals surface area (Å²) in [6.07, 6.45) is 5.26. The standard InChI is InChI=1S/C16H18N2O3/c1-11-7-12(5-6-18(11)2)16(19)17-13-8-14(20-3)10-15(9-13)21-4/h5-10H,1H2,2-4H3,(H,17,19). The number of nitrogens with one attached hydrogen (secondary N) is 1. The molecule has 0 spiro atoms. The van der Waals surface area contributed by atoms with Gasteiger partial charge in [0.2, 0.25) is 0 Å². The SMILES string of the molecule is C=C1C=C(C(=O)Nc2cc(OC)cc(OC)c2)C=CN1C. The first-order valence-electron chi connectivity index (χ1n) is 6.39. The molecule has 0 unspecified atom stereocenters. The summed E-state index contributed by atoms with van der Waals surface area (Å²) < 4.78 is 10.3. The van der Waals surface area contributed by atoms with E-state index in [-0.39, 0.29) is 5.91 Å². The van der Waals surface area contributed by atoms with Crippen molar-refractivity contribution in [2.24, 2.45) is 0 Å². The topological polar surface area (TPSA) is 50.8 Å². The van der Waals surface area contributed by atoms with Gasteiger partial charge in [-0.25, -0.2) is 0 Å². The number of carbonyl (C=O) groups is 1. The predicted molar refractivity (Wildman–Crippen MR) is 82.3 cm³/mol. The Balaban J connectivity index is 2.18. The fourth-order valence-corrected chi connectivity index (χ4v) is 1.84. The van der Waals surface area contributed by atoms with Crippen molar-refractivity contribution >= 4 is 11.6 Å². The molecule has 5 nitrogen and oxygen atoms in total.